The van der Waals surface area contributed by atoms with E-state index in [-0.39, 0.29) is 11.4 Å². The average Bonchev–Trinajstić information content (AvgIpc) is 2.81. The smallest absolute Gasteiger partial charge is 0.155 e. The van der Waals surface area contributed by atoms with Gasteiger partial charge in [-0.3, -0.25) is 4.79 Å². The second-order valence-electron chi connectivity index (χ2n) is 4.47. The molecule has 0 saturated carbocycles. The Balaban J connectivity index is 2.14. The first-order valence-corrected chi connectivity index (χ1v) is 6.00. The molecular formula is C15H11F2NO. The quantitative estimate of drug-likeness (QED) is 0.770. The van der Waals surface area contributed by atoms with Gasteiger partial charge in [0.15, 0.2) is 6.29 Å². The number of anilines is 2. The number of aldehydes is 1. The van der Waals surface area contributed by atoms with Crippen molar-refractivity contribution < 1.29 is 13.6 Å². The monoisotopic (exact) mass is 259 g/mol. The van der Waals surface area contributed by atoms with Crippen molar-refractivity contribution in [3.8, 4) is 0 Å². The molecule has 0 unspecified atom stereocenters. The first-order chi connectivity index (χ1) is 9.20. The van der Waals surface area contributed by atoms with Gasteiger partial charge < -0.3 is 4.90 Å². The third-order valence-electron chi connectivity index (χ3n) is 3.38. The molecule has 19 heavy (non-hydrogen) atoms. The highest BCUT2D eigenvalue weighted by molar-refractivity contribution is 5.88. The van der Waals surface area contributed by atoms with Gasteiger partial charge in [0, 0.05) is 12.2 Å². The Morgan fingerprint density at radius 3 is 2.74 bits per heavy atom. The number of halogens is 2. The molecule has 0 N–H and O–H groups in total. The van der Waals surface area contributed by atoms with Gasteiger partial charge in [0.05, 0.1) is 11.3 Å². The van der Waals surface area contributed by atoms with Gasteiger partial charge in [-0.15, -0.1) is 0 Å². The molecule has 1 aliphatic heterocycles. The largest absolute Gasteiger partial charge is 0.340 e. The van der Waals surface area contributed by atoms with Crippen molar-refractivity contribution in [2.24, 2.45) is 0 Å². The number of benzene rings is 2. The summed E-state index contributed by atoms with van der Waals surface area (Å²) in [5.41, 5.74) is 2.20. The zero-order valence-electron chi connectivity index (χ0n) is 10.1. The van der Waals surface area contributed by atoms with Crippen LogP contribution in [-0.4, -0.2) is 12.8 Å². The molecule has 1 heterocycles. The van der Waals surface area contributed by atoms with Gasteiger partial charge in [0.25, 0.3) is 0 Å². The van der Waals surface area contributed by atoms with E-state index in [0.29, 0.717) is 24.2 Å². The number of carbonyl (C=O) groups excluding carboxylic acids is 1. The Morgan fingerprint density at radius 1 is 1.11 bits per heavy atom. The predicted octanol–water partition coefficient (Wildman–Crippen LogP) is 3.47. The normalized spacial score (nSPS) is 13.5. The molecule has 4 heteroatoms. The Morgan fingerprint density at radius 2 is 1.95 bits per heavy atom. The van der Waals surface area contributed by atoms with Gasteiger partial charge in [-0.25, -0.2) is 8.78 Å². The van der Waals surface area contributed by atoms with Crippen molar-refractivity contribution in [2.45, 2.75) is 6.42 Å². The van der Waals surface area contributed by atoms with Crippen LogP contribution in [0.2, 0.25) is 0 Å². The minimum atomic E-state index is -0.558. The number of nitrogens with zero attached hydrogens (tertiary/aromatic N) is 1. The van der Waals surface area contributed by atoms with Crippen LogP contribution < -0.4 is 4.90 Å². The molecule has 0 radical (unpaired) electrons. The molecule has 1 aliphatic rings. The van der Waals surface area contributed by atoms with Gasteiger partial charge in [-0.1, -0.05) is 12.1 Å². The fourth-order valence-electron chi connectivity index (χ4n) is 2.48. The Bertz CT molecular complexity index is 655. The van der Waals surface area contributed by atoms with Crippen LogP contribution in [0.3, 0.4) is 0 Å². The van der Waals surface area contributed by atoms with Crippen molar-refractivity contribution in [3.63, 3.8) is 0 Å². The maximum atomic E-state index is 13.6. The zero-order chi connectivity index (χ0) is 13.4. The molecule has 0 aromatic heterocycles. The third kappa shape index (κ3) is 1.89. The van der Waals surface area contributed by atoms with Gasteiger partial charge in [0.1, 0.15) is 11.6 Å². The third-order valence-corrected chi connectivity index (χ3v) is 3.38. The summed E-state index contributed by atoms with van der Waals surface area (Å²) in [4.78, 5) is 12.8. The number of fused-ring (bicyclic) bond motifs is 1. The molecule has 0 saturated heterocycles. The highest BCUT2D eigenvalue weighted by atomic mass is 19.1. The summed E-state index contributed by atoms with van der Waals surface area (Å²) >= 11 is 0. The summed E-state index contributed by atoms with van der Waals surface area (Å²) in [6.07, 6.45) is 1.26. The molecule has 0 aliphatic carbocycles. The first kappa shape index (κ1) is 11.8. The lowest BCUT2D eigenvalue weighted by atomic mass is 10.1. The molecule has 0 bridgehead atoms. The van der Waals surface area contributed by atoms with E-state index in [1.807, 2.05) is 0 Å². The second kappa shape index (κ2) is 4.46. The van der Waals surface area contributed by atoms with E-state index in [9.17, 15) is 13.6 Å². The van der Waals surface area contributed by atoms with Gasteiger partial charge >= 0.3 is 0 Å². The van der Waals surface area contributed by atoms with E-state index in [1.165, 1.54) is 18.2 Å². The minimum absolute atomic E-state index is 0.0135. The van der Waals surface area contributed by atoms with Crippen molar-refractivity contribution >= 4 is 17.7 Å². The highest BCUT2D eigenvalue weighted by Gasteiger charge is 2.23. The minimum Gasteiger partial charge on any atom is -0.340 e. The number of carbonyl (C=O) groups is 1. The molecule has 0 atom stereocenters. The van der Waals surface area contributed by atoms with E-state index in [2.05, 4.69) is 0 Å². The summed E-state index contributed by atoms with van der Waals surface area (Å²) in [5.74, 6) is -0.896. The predicted molar refractivity (Wildman–Crippen MR) is 68.9 cm³/mol. The standard InChI is InChI=1S/C15H11F2NO/c16-11-5-4-10-6-7-18(15(10)8-11)14-3-1-2-13(17)12(14)9-19/h1-5,8-9H,6-7H2. The topological polar surface area (TPSA) is 20.3 Å². The van der Waals surface area contributed by atoms with E-state index >= 15 is 0 Å². The lowest BCUT2D eigenvalue weighted by Crippen LogP contribution is -2.16. The molecule has 96 valence electrons. The average molecular weight is 259 g/mol. The van der Waals surface area contributed by atoms with Crippen LogP contribution in [0.5, 0.6) is 0 Å². The summed E-state index contributed by atoms with van der Waals surface area (Å²) in [6.45, 7) is 0.614. The lowest BCUT2D eigenvalue weighted by Gasteiger charge is -2.21. The molecule has 2 aromatic rings. The van der Waals surface area contributed by atoms with E-state index in [1.54, 1.807) is 23.1 Å². The fourth-order valence-corrected chi connectivity index (χ4v) is 2.48. The van der Waals surface area contributed by atoms with Crippen LogP contribution in [-0.2, 0) is 6.42 Å². The number of hydrogen-bond donors (Lipinski definition) is 0. The van der Waals surface area contributed by atoms with E-state index < -0.39 is 5.82 Å². The lowest BCUT2D eigenvalue weighted by molar-refractivity contribution is 0.112. The zero-order valence-corrected chi connectivity index (χ0v) is 10.1. The van der Waals surface area contributed by atoms with Crippen molar-refractivity contribution in [1.82, 2.24) is 0 Å². The van der Waals surface area contributed by atoms with Gasteiger partial charge in [0.2, 0.25) is 0 Å². The van der Waals surface area contributed by atoms with E-state index in [0.717, 1.165) is 12.0 Å². The maximum Gasteiger partial charge on any atom is 0.155 e. The molecule has 0 amide bonds. The molecular weight excluding hydrogens is 248 g/mol. The SMILES string of the molecule is O=Cc1c(F)cccc1N1CCc2ccc(F)cc21. The van der Waals surface area contributed by atoms with Gasteiger partial charge in [-0.2, -0.15) is 0 Å². The first-order valence-electron chi connectivity index (χ1n) is 6.00. The summed E-state index contributed by atoms with van der Waals surface area (Å²) < 4.78 is 27.0. The Kier molecular flexibility index (Phi) is 2.78. The molecule has 0 spiro atoms. The van der Waals surface area contributed by atoms with Crippen LogP contribution in [0.25, 0.3) is 0 Å². The summed E-state index contributed by atoms with van der Waals surface area (Å²) in [7, 11) is 0. The van der Waals surface area contributed by atoms with Crippen LogP contribution in [0.15, 0.2) is 36.4 Å². The molecule has 2 nitrogen and oxygen atoms in total. The number of hydrogen-bond acceptors (Lipinski definition) is 2. The molecule has 2 aromatic carbocycles. The second-order valence-corrected chi connectivity index (χ2v) is 4.47. The summed E-state index contributed by atoms with van der Waals surface area (Å²) in [5, 5.41) is 0. The molecule has 3 rings (SSSR count). The molecule has 0 fully saturated rings. The highest BCUT2D eigenvalue weighted by Crippen LogP contribution is 2.36. The van der Waals surface area contributed by atoms with Crippen molar-refractivity contribution in [2.75, 3.05) is 11.4 Å². The fraction of sp³-hybridized carbons (Fsp3) is 0.133. The Hall–Kier alpha value is -2.23. The Labute approximate surface area is 109 Å². The van der Waals surface area contributed by atoms with Crippen LogP contribution >= 0.6 is 0 Å². The van der Waals surface area contributed by atoms with E-state index in [4.69, 9.17) is 0 Å². The summed E-state index contributed by atoms with van der Waals surface area (Å²) in [6, 6.07) is 9.03. The van der Waals surface area contributed by atoms with Crippen molar-refractivity contribution in [1.29, 1.82) is 0 Å². The van der Waals surface area contributed by atoms with Crippen LogP contribution in [0.1, 0.15) is 15.9 Å². The van der Waals surface area contributed by atoms with Crippen molar-refractivity contribution in [3.05, 3.63) is 59.2 Å². The number of rotatable bonds is 2. The van der Waals surface area contributed by atoms with Gasteiger partial charge in [-0.05, 0) is 36.2 Å². The van der Waals surface area contributed by atoms with Crippen LogP contribution in [0, 0.1) is 11.6 Å². The van der Waals surface area contributed by atoms with Crippen LogP contribution in [0.4, 0.5) is 20.2 Å². The maximum absolute atomic E-state index is 13.6.